The molecule has 0 saturated heterocycles. The second-order valence-corrected chi connectivity index (χ2v) is 11.3. The first-order chi connectivity index (χ1) is 16.7. The molecule has 1 aromatic rings. The molecule has 6 heteroatoms. The maximum atomic E-state index is 12.7. The van der Waals surface area contributed by atoms with Crippen molar-refractivity contribution in [1.82, 2.24) is 0 Å². The van der Waals surface area contributed by atoms with Crippen LogP contribution in [0.2, 0.25) is 0 Å². The molecule has 186 valence electrons. The van der Waals surface area contributed by atoms with Crippen molar-refractivity contribution in [1.29, 1.82) is 0 Å². The maximum absolute atomic E-state index is 12.7. The van der Waals surface area contributed by atoms with Crippen LogP contribution in [0.3, 0.4) is 0 Å². The summed E-state index contributed by atoms with van der Waals surface area (Å²) < 4.78 is 0. The van der Waals surface area contributed by atoms with Crippen molar-refractivity contribution in [2.45, 2.75) is 83.1 Å². The van der Waals surface area contributed by atoms with Crippen LogP contribution in [0.4, 0.5) is 0 Å². The third-order valence-electron chi connectivity index (χ3n) is 9.87. The van der Waals surface area contributed by atoms with Crippen LogP contribution in [0.25, 0.3) is 0 Å². The first-order valence-electron chi connectivity index (χ1n) is 13.0. The fraction of sp³-hybridized carbons (Fsp3) is 0.586. The number of carbonyl (C=O) groups is 2. The van der Waals surface area contributed by atoms with E-state index in [1.165, 1.54) is 16.7 Å². The van der Waals surface area contributed by atoms with Crippen molar-refractivity contribution in [3.8, 4) is 0 Å². The molecule has 1 aromatic carbocycles. The Morgan fingerprint density at radius 3 is 2.57 bits per heavy atom. The average Bonchev–Trinajstić information content (AvgIpc) is 3.14. The van der Waals surface area contributed by atoms with Crippen LogP contribution in [0.1, 0.15) is 93.5 Å². The van der Waals surface area contributed by atoms with Gasteiger partial charge in [-0.2, -0.15) is 0 Å². The Hall–Kier alpha value is -2.60. The number of benzene rings is 1. The van der Waals surface area contributed by atoms with Crippen molar-refractivity contribution in [3.63, 3.8) is 0 Å². The molecule has 2 fully saturated rings. The first-order valence-corrected chi connectivity index (χ1v) is 13.0. The van der Waals surface area contributed by atoms with Gasteiger partial charge in [0.2, 0.25) is 5.54 Å². The highest BCUT2D eigenvalue weighted by Gasteiger charge is 2.69. The van der Waals surface area contributed by atoms with Gasteiger partial charge in [0, 0.05) is 47.7 Å². The highest BCUT2D eigenvalue weighted by atomic mass is 16.6. The lowest BCUT2D eigenvalue weighted by atomic mass is 9.50. The Morgan fingerprint density at radius 2 is 1.91 bits per heavy atom. The molecule has 0 bridgehead atoms. The second kappa shape index (κ2) is 8.81. The number of fused-ring (bicyclic) bond motifs is 4. The van der Waals surface area contributed by atoms with E-state index < -0.39 is 11.0 Å². The lowest BCUT2D eigenvalue weighted by Crippen LogP contribution is -2.55. The average molecular weight is 478 g/mol. The minimum atomic E-state index is -1.03. The van der Waals surface area contributed by atoms with Gasteiger partial charge < -0.3 is 5.11 Å². The van der Waals surface area contributed by atoms with E-state index in [1.54, 1.807) is 6.92 Å². The third kappa shape index (κ3) is 3.64. The lowest BCUT2D eigenvalue weighted by molar-refractivity contribution is -0.591. The van der Waals surface area contributed by atoms with E-state index >= 15 is 0 Å². The fourth-order valence-corrected chi connectivity index (χ4v) is 8.18. The first kappa shape index (κ1) is 24.1. The number of hydrogen-bond donors (Lipinski definition) is 1. The summed E-state index contributed by atoms with van der Waals surface area (Å²) >= 11 is 0. The Morgan fingerprint density at radius 1 is 1.17 bits per heavy atom. The van der Waals surface area contributed by atoms with Crippen LogP contribution in [0.5, 0.6) is 0 Å². The van der Waals surface area contributed by atoms with Gasteiger partial charge in [-0.15, -0.1) is 0 Å². The molecule has 5 rings (SSSR count). The molecule has 35 heavy (non-hydrogen) atoms. The van der Waals surface area contributed by atoms with E-state index in [2.05, 4.69) is 6.92 Å². The summed E-state index contributed by atoms with van der Waals surface area (Å²) in [6.45, 7) is 3.66. The molecule has 1 N–H and O–H groups in total. The molecule has 2 saturated carbocycles. The van der Waals surface area contributed by atoms with Gasteiger partial charge in [-0.25, -0.2) is 0 Å². The Kier molecular flexibility index (Phi) is 6.07. The summed E-state index contributed by atoms with van der Waals surface area (Å²) in [6, 6.07) is 7.80. The van der Waals surface area contributed by atoms with E-state index in [0.29, 0.717) is 37.7 Å². The van der Waals surface area contributed by atoms with Gasteiger partial charge in [0.1, 0.15) is 0 Å². The van der Waals surface area contributed by atoms with E-state index in [9.17, 15) is 24.8 Å². The van der Waals surface area contributed by atoms with Crippen molar-refractivity contribution < 1.29 is 19.6 Å². The summed E-state index contributed by atoms with van der Waals surface area (Å²) in [7, 11) is 0. The molecule has 0 radical (unpaired) electrons. The molecule has 0 spiro atoms. The van der Waals surface area contributed by atoms with Crippen molar-refractivity contribution in [3.05, 3.63) is 68.3 Å². The normalized spacial score (nSPS) is 34.1. The summed E-state index contributed by atoms with van der Waals surface area (Å²) in [5, 5.41) is 22.3. The van der Waals surface area contributed by atoms with E-state index in [-0.39, 0.29) is 40.9 Å². The predicted molar refractivity (Wildman–Crippen MR) is 133 cm³/mol. The number of rotatable bonds is 6. The smallest absolute Gasteiger partial charge is 0.227 e. The van der Waals surface area contributed by atoms with Gasteiger partial charge in [0.25, 0.3) is 0 Å². The lowest BCUT2D eigenvalue weighted by Gasteiger charge is -2.53. The van der Waals surface area contributed by atoms with Crippen LogP contribution in [-0.2, 0) is 4.79 Å². The predicted octanol–water partition coefficient (Wildman–Crippen LogP) is 5.58. The maximum Gasteiger partial charge on any atom is 0.227 e. The number of aliphatic hydroxyl groups is 1. The molecule has 0 unspecified atom stereocenters. The standard InChI is InChI=1S/C29H35NO5/c1-18(32)19-4-6-20(7-5-19)25-17-28(2)26(12-14-29(28,30(34)35)13-3-15-31)24-10-8-21-16-22(33)9-11-23(21)27(24)25/h4-7,16,24-26,31H,3,8-15,17H2,1-2H3/t24-,25+,26-,28-,29-/m0/s1. The monoisotopic (exact) mass is 477 g/mol. The van der Waals surface area contributed by atoms with Crippen molar-refractivity contribution in [2.75, 3.05) is 6.61 Å². The molecular formula is C29H35NO5. The molecule has 0 aliphatic heterocycles. The molecule has 0 aromatic heterocycles. The molecule has 4 aliphatic carbocycles. The van der Waals surface area contributed by atoms with Gasteiger partial charge in [0.05, 0.1) is 0 Å². The van der Waals surface area contributed by atoms with Gasteiger partial charge >= 0.3 is 0 Å². The number of Topliss-reactive ketones (excluding diaryl/α,β-unsaturated/α-hetero) is 1. The summed E-state index contributed by atoms with van der Waals surface area (Å²) in [4.78, 5) is 36.8. The Balaban J connectivity index is 1.67. The molecular weight excluding hydrogens is 442 g/mol. The van der Waals surface area contributed by atoms with Crippen molar-refractivity contribution in [2.24, 2.45) is 17.3 Å². The van der Waals surface area contributed by atoms with Crippen LogP contribution in [-0.4, -0.2) is 33.7 Å². The van der Waals surface area contributed by atoms with Crippen LogP contribution >= 0.6 is 0 Å². The minimum absolute atomic E-state index is 0.0213. The number of carbonyl (C=O) groups excluding carboxylic acids is 2. The van der Waals surface area contributed by atoms with Crippen LogP contribution in [0, 0.1) is 27.4 Å². The Bertz CT molecular complexity index is 1130. The topological polar surface area (TPSA) is 97.5 Å². The van der Waals surface area contributed by atoms with Gasteiger partial charge in [-0.05, 0) is 80.1 Å². The molecule has 5 atom stereocenters. The summed E-state index contributed by atoms with van der Waals surface area (Å²) in [5.74, 6) is 0.736. The third-order valence-corrected chi connectivity index (χ3v) is 9.87. The number of nitrogens with zero attached hydrogens (tertiary/aromatic N) is 1. The zero-order valence-corrected chi connectivity index (χ0v) is 20.7. The zero-order valence-electron chi connectivity index (χ0n) is 20.7. The zero-order chi connectivity index (χ0) is 25.0. The SMILES string of the molecule is CC(=O)c1ccc([C@H]2C[C@@]3(C)[C@@H](CC[C@]3(CCCO)[N+](=O)[O-])[C@@H]3CCC4=CC(=O)CCC4=C32)cc1. The number of hydrogen-bond acceptors (Lipinski definition) is 5. The molecule has 6 nitrogen and oxygen atoms in total. The van der Waals surface area contributed by atoms with E-state index in [0.717, 1.165) is 31.2 Å². The number of allylic oxidation sites excluding steroid dienone is 4. The van der Waals surface area contributed by atoms with Gasteiger partial charge in [-0.3, -0.25) is 19.7 Å². The van der Waals surface area contributed by atoms with Crippen molar-refractivity contribution >= 4 is 11.6 Å². The number of aliphatic hydroxyl groups excluding tert-OH is 1. The van der Waals surface area contributed by atoms with Crippen LogP contribution in [0.15, 0.2) is 47.1 Å². The summed E-state index contributed by atoms with van der Waals surface area (Å²) in [6.07, 6.45) is 7.81. The largest absolute Gasteiger partial charge is 0.396 e. The highest BCUT2D eigenvalue weighted by Crippen LogP contribution is 2.68. The number of nitro groups is 1. The van der Waals surface area contributed by atoms with Gasteiger partial charge in [-0.1, -0.05) is 36.8 Å². The summed E-state index contributed by atoms with van der Waals surface area (Å²) in [5.41, 5.74) is 4.13. The van der Waals surface area contributed by atoms with Crippen LogP contribution < -0.4 is 0 Å². The fourth-order valence-electron chi connectivity index (χ4n) is 8.18. The molecule has 0 heterocycles. The Labute approximate surface area is 206 Å². The van der Waals surface area contributed by atoms with E-state index in [4.69, 9.17) is 0 Å². The second-order valence-electron chi connectivity index (χ2n) is 11.3. The van der Waals surface area contributed by atoms with E-state index in [1.807, 2.05) is 30.3 Å². The molecule has 4 aliphatic rings. The minimum Gasteiger partial charge on any atom is -0.396 e. The number of ketones is 2. The van der Waals surface area contributed by atoms with Gasteiger partial charge in [0.15, 0.2) is 11.6 Å². The highest BCUT2D eigenvalue weighted by molar-refractivity contribution is 5.94. The quantitative estimate of drug-likeness (QED) is 0.328. The molecule has 0 amide bonds.